The number of carbonyl (C=O) groups excluding carboxylic acids is 1. The lowest BCUT2D eigenvalue weighted by Gasteiger charge is -2.16. The quantitative estimate of drug-likeness (QED) is 0.317. The van der Waals surface area contributed by atoms with Crippen LogP contribution in [0, 0.1) is 0 Å². The van der Waals surface area contributed by atoms with Gasteiger partial charge in [0.05, 0.1) is 6.20 Å². The highest BCUT2D eigenvalue weighted by Crippen LogP contribution is 2.09. The maximum atomic E-state index is 12.0. The van der Waals surface area contributed by atoms with Crippen molar-refractivity contribution in [1.82, 2.24) is 20.3 Å². The summed E-state index contributed by atoms with van der Waals surface area (Å²) in [5.74, 6) is -0.217. The standard InChI is InChI=1S/C12H14N6O2/c1-18(12(19)10-6-14-17-15-10)7-8-3-2-4-9(5-8)11(13)16-20/h2-6,20H,7H2,1H3,(H2,13,16)(H,14,15,17). The highest BCUT2D eigenvalue weighted by atomic mass is 16.4. The summed E-state index contributed by atoms with van der Waals surface area (Å²) in [4.78, 5) is 13.5. The first-order chi connectivity index (χ1) is 9.61. The highest BCUT2D eigenvalue weighted by molar-refractivity contribution is 5.97. The van der Waals surface area contributed by atoms with Crippen LogP contribution in [0.2, 0.25) is 0 Å². The summed E-state index contributed by atoms with van der Waals surface area (Å²) < 4.78 is 0. The van der Waals surface area contributed by atoms with Crippen molar-refractivity contribution in [1.29, 1.82) is 0 Å². The van der Waals surface area contributed by atoms with Gasteiger partial charge < -0.3 is 15.8 Å². The van der Waals surface area contributed by atoms with Gasteiger partial charge in [-0.05, 0) is 11.6 Å². The minimum absolute atomic E-state index is 0.0253. The van der Waals surface area contributed by atoms with E-state index in [2.05, 4.69) is 20.6 Å². The van der Waals surface area contributed by atoms with Gasteiger partial charge in [-0.15, -0.1) is 0 Å². The number of nitrogens with two attached hydrogens (primary N) is 1. The lowest BCUT2D eigenvalue weighted by molar-refractivity contribution is 0.0779. The van der Waals surface area contributed by atoms with Crippen molar-refractivity contribution in [3.05, 3.63) is 47.3 Å². The van der Waals surface area contributed by atoms with Crippen molar-refractivity contribution in [3.8, 4) is 0 Å². The Balaban J connectivity index is 2.12. The smallest absolute Gasteiger partial charge is 0.276 e. The van der Waals surface area contributed by atoms with Gasteiger partial charge in [0.2, 0.25) is 0 Å². The van der Waals surface area contributed by atoms with Crippen LogP contribution in [0.25, 0.3) is 0 Å². The maximum absolute atomic E-state index is 12.0. The molecule has 1 amide bonds. The average Bonchev–Trinajstić information content (AvgIpc) is 3.00. The summed E-state index contributed by atoms with van der Waals surface area (Å²) in [5, 5.41) is 21.3. The SMILES string of the molecule is CN(Cc1cccc(/C(N)=N/O)c1)C(=O)c1cn[nH]n1. The molecular formula is C12H14N6O2. The van der Waals surface area contributed by atoms with Gasteiger partial charge in [0, 0.05) is 19.2 Å². The molecule has 0 aliphatic carbocycles. The largest absolute Gasteiger partial charge is 0.409 e. The van der Waals surface area contributed by atoms with E-state index in [4.69, 9.17) is 10.9 Å². The topological polar surface area (TPSA) is 120 Å². The third-order valence-corrected chi connectivity index (χ3v) is 2.73. The minimum Gasteiger partial charge on any atom is -0.409 e. The molecule has 0 saturated carbocycles. The Hall–Kier alpha value is -2.90. The molecule has 1 aromatic carbocycles. The molecule has 4 N–H and O–H groups in total. The van der Waals surface area contributed by atoms with Gasteiger partial charge in [0.15, 0.2) is 11.5 Å². The maximum Gasteiger partial charge on any atom is 0.276 e. The van der Waals surface area contributed by atoms with Gasteiger partial charge in [-0.2, -0.15) is 15.4 Å². The van der Waals surface area contributed by atoms with Crippen LogP contribution in [0.4, 0.5) is 0 Å². The number of benzene rings is 1. The molecule has 8 nitrogen and oxygen atoms in total. The Morgan fingerprint density at radius 3 is 3.00 bits per heavy atom. The number of carbonyl (C=O) groups is 1. The van der Waals surface area contributed by atoms with E-state index in [1.807, 2.05) is 6.07 Å². The van der Waals surface area contributed by atoms with E-state index in [-0.39, 0.29) is 17.4 Å². The second-order valence-electron chi connectivity index (χ2n) is 4.20. The number of oxime groups is 1. The summed E-state index contributed by atoms with van der Waals surface area (Å²) >= 11 is 0. The fourth-order valence-electron chi connectivity index (χ4n) is 1.73. The average molecular weight is 274 g/mol. The Labute approximate surface area is 114 Å². The second-order valence-corrected chi connectivity index (χ2v) is 4.20. The number of aromatic amines is 1. The van der Waals surface area contributed by atoms with Crippen molar-refractivity contribution < 1.29 is 10.0 Å². The third kappa shape index (κ3) is 2.91. The third-order valence-electron chi connectivity index (χ3n) is 2.73. The summed E-state index contributed by atoms with van der Waals surface area (Å²) in [5.41, 5.74) is 7.22. The van der Waals surface area contributed by atoms with Gasteiger partial charge in [-0.25, -0.2) is 0 Å². The number of amides is 1. The minimum atomic E-state index is -0.243. The molecule has 1 heterocycles. The molecule has 0 atom stereocenters. The molecule has 20 heavy (non-hydrogen) atoms. The van der Waals surface area contributed by atoms with Crippen LogP contribution < -0.4 is 5.73 Å². The molecule has 0 spiro atoms. The molecule has 2 aromatic rings. The Morgan fingerprint density at radius 2 is 2.35 bits per heavy atom. The van der Waals surface area contributed by atoms with Crippen LogP contribution in [0.5, 0.6) is 0 Å². The molecule has 0 aliphatic heterocycles. The molecule has 104 valence electrons. The predicted molar refractivity (Wildman–Crippen MR) is 71.1 cm³/mol. The van der Waals surface area contributed by atoms with E-state index in [0.717, 1.165) is 5.56 Å². The van der Waals surface area contributed by atoms with Gasteiger partial charge >= 0.3 is 0 Å². The van der Waals surface area contributed by atoms with Crippen molar-refractivity contribution in [2.45, 2.75) is 6.54 Å². The van der Waals surface area contributed by atoms with E-state index in [1.165, 1.54) is 11.1 Å². The van der Waals surface area contributed by atoms with E-state index < -0.39 is 0 Å². The fourth-order valence-corrected chi connectivity index (χ4v) is 1.73. The molecule has 1 aromatic heterocycles. The Morgan fingerprint density at radius 1 is 1.55 bits per heavy atom. The van der Waals surface area contributed by atoms with Crippen molar-refractivity contribution in [2.75, 3.05) is 7.05 Å². The van der Waals surface area contributed by atoms with Crippen molar-refractivity contribution >= 4 is 11.7 Å². The zero-order chi connectivity index (χ0) is 14.5. The molecule has 0 aliphatic rings. The number of amidine groups is 1. The van der Waals surface area contributed by atoms with Crippen LogP contribution in [-0.4, -0.2) is 44.3 Å². The Kier molecular flexibility index (Phi) is 3.94. The van der Waals surface area contributed by atoms with Gasteiger partial charge in [-0.3, -0.25) is 4.79 Å². The number of H-pyrrole nitrogens is 1. The monoisotopic (exact) mass is 274 g/mol. The lowest BCUT2D eigenvalue weighted by atomic mass is 10.1. The second kappa shape index (κ2) is 5.83. The van der Waals surface area contributed by atoms with E-state index in [1.54, 1.807) is 25.2 Å². The summed E-state index contributed by atoms with van der Waals surface area (Å²) in [6.45, 7) is 0.373. The van der Waals surface area contributed by atoms with Gasteiger partial charge in [0.1, 0.15) is 0 Å². The molecular weight excluding hydrogens is 260 g/mol. The number of aromatic nitrogens is 3. The molecule has 0 unspecified atom stereocenters. The van der Waals surface area contributed by atoms with Crippen LogP contribution in [0.15, 0.2) is 35.6 Å². The van der Waals surface area contributed by atoms with Crippen molar-refractivity contribution in [3.63, 3.8) is 0 Å². The predicted octanol–water partition coefficient (Wildman–Crippen LogP) is 0.171. The summed E-state index contributed by atoms with van der Waals surface area (Å²) in [7, 11) is 1.66. The molecule has 8 heteroatoms. The van der Waals surface area contributed by atoms with E-state index in [0.29, 0.717) is 12.1 Å². The van der Waals surface area contributed by atoms with Crippen LogP contribution in [0.1, 0.15) is 21.6 Å². The van der Waals surface area contributed by atoms with Gasteiger partial charge in [-0.1, -0.05) is 23.4 Å². The first-order valence-corrected chi connectivity index (χ1v) is 5.80. The summed E-state index contributed by atoms with van der Waals surface area (Å²) in [6, 6.07) is 7.09. The number of hydrogen-bond acceptors (Lipinski definition) is 5. The van der Waals surface area contributed by atoms with E-state index >= 15 is 0 Å². The number of nitrogens with zero attached hydrogens (tertiary/aromatic N) is 4. The molecule has 0 saturated heterocycles. The molecule has 0 fully saturated rings. The van der Waals surface area contributed by atoms with Crippen LogP contribution >= 0.6 is 0 Å². The van der Waals surface area contributed by atoms with Gasteiger partial charge in [0.25, 0.3) is 5.91 Å². The van der Waals surface area contributed by atoms with Crippen molar-refractivity contribution in [2.24, 2.45) is 10.9 Å². The molecule has 0 bridgehead atoms. The fraction of sp³-hybridized carbons (Fsp3) is 0.167. The van der Waals surface area contributed by atoms with Crippen LogP contribution in [-0.2, 0) is 6.54 Å². The molecule has 2 rings (SSSR count). The first kappa shape index (κ1) is 13.5. The molecule has 0 radical (unpaired) electrons. The zero-order valence-electron chi connectivity index (χ0n) is 10.8. The first-order valence-electron chi connectivity index (χ1n) is 5.80. The normalized spacial score (nSPS) is 11.3. The van der Waals surface area contributed by atoms with Crippen LogP contribution in [0.3, 0.4) is 0 Å². The number of rotatable bonds is 4. The lowest BCUT2D eigenvalue weighted by Crippen LogP contribution is -2.26. The Bertz CT molecular complexity index is 623. The zero-order valence-corrected chi connectivity index (χ0v) is 10.8. The number of hydrogen-bond donors (Lipinski definition) is 3. The van der Waals surface area contributed by atoms with E-state index in [9.17, 15) is 4.79 Å². The summed E-state index contributed by atoms with van der Waals surface area (Å²) in [6.07, 6.45) is 1.37. The number of nitrogens with one attached hydrogen (secondary N) is 1. The highest BCUT2D eigenvalue weighted by Gasteiger charge is 2.14.